The molecule has 3 aromatic rings. The minimum Gasteiger partial charge on any atom is -0.493 e. The number of aromatic hydroxyl groups is 1. The van der Waals surface area contributed by atoms with Gasteiger partial charge in [0.1, 0.15) is 18.2 Å². The molecule has 0 aliphatic heterocycles. The van der Waals surface area contributed by atoms with E-state index in [9.17, 15) is 14.7 Å². The standard InChI is InChI=1S/C13H10N6O3/c20-11-10(6-16-18-7-14-15-8-18)12(21)19(13(22)17-11)9-4-2-1-3-5-9/h1-8,21H,(H,17,20,22). The molecule has 1 aromatic carbocycles. The Bertz CT molecular complexity index is 925. The minimum atomic E-state index is -0.744. The number of benzene rings is 1. The van der Waals surface area contributed by atoms with Crippen molar-refractivity contribution in [2.45, 2.75) is 0 Å². The summed E-state index contributed by atoms with van der Waals surface area (Å²) >= 11 is 0. The molecule has 0 spiro atoms. The summed E-state index contributed by atoms with van der Waals surface area (Å²) in [6, 6.07) is 8.43. The summed E-state index contributed by atoms with van der Waals surface area (Å²) < 4.78 is 2.23. The third kappa shape index (κ3) is 2.42. The van der Waals surface area contributed by atoms with Gasteiger partial charge in [-0.05, 0) is 12.1 Å². The number of nitrogens with one attached hydrogen (secondary N) is 1. The van der Waals surface area contributed by atoms with Crippen LogP contribution < -0.4 is 11.2 Å². The van der Waals surface area contributed by atoms with Gasteiger partial charge in [0.15, 0.2) is 0 Å². The maximum Gasteiger partial charge on any atom is 0.335 e. The maximum atomic E-state index is 11.9. The van der Waals surface area contributed by atoms with Crippen LogP contribution in [0.4, 0.5) is 0 Å². The number of aromatic amines is 1. The molecule has 0 amide bonds. The predicted molar refractivity (Wildman–Crippen MR) is 77.3 cm³/mol. The van der Waals surface area contributed by atoms with Crippen LogP contribution in [-0.2, 0) is 0 Å². The average Bonchev–Trinajstić information content (AvgIpc) is 3.01. The van der Waals surface area contributed by atoms with E-state index in [-0.39, 0.29) is 5.56 Å². The highest BCUT2D eigenvalue weighted by molar-refractivity contribution is 5.82. The van der Waals surface area contributed by atoms with Gasteiger partial charge in [0, 0.05) is 0 Å². The average molecular weight is 298 g/mol. The van der Waals surface area contributed by atoms with E-state index in [2.05, 4.69) is 20.3 Å². The first-order chi connectivity index (χ1) is 10.7. The van der Waals surface area contributed by atoms with Gasteiger partial charge in [0.25, 0.3) is 5.56 Å². The number of H-pyrrole nitrogens is 1. The molecule has 0 fully saturated rings. The second kappa shape index (κ2) is 5.48. The topological polar surface area (TPSA) is 118 Å². The minimum absolute atomic E-state index is 0.155. The summed E-state index contributed by atoms with van der Waals surface area (Å²) in [5, 5.41) is 21.2. The highest BCUT2D eigenvalue weighted by Gasteiger charge is 2.13. The first kappa shape index (κ1) is 13.5. The summed E-state index contributed by atoms with van der Waals surface area (Å²) in [6.07, 6.45) is 3.75. The Morgan fingerprint density at radius 3 is 2.50 bits per heavy atom. The van der Waals surface area contributed by atoms with Crippen molar-refractivity contribution in [3.63, 3.8) is 0 Å². The van der Waals surface area contributed by atoms with Crippen LogP contribution in [0.2, 0.25) is 0 Å². The maximum absolute atomic E-state index is 11.9. The second-order valence-electron chi connectivity index (χ2n) is 4.25. The van der Waals surface area contributed by atoms with Crippen LogP contribution in [-0.4, -0.2) is 35.7 Å². The number of rotatable bonds is 3. The number of hydrogen-bond acceptors (Lipinski definition) is 6. The molecule has 0 unspecified atom stereocenters. The first-order valence-electron chi connectivity index (χ1n) is 6.19. The Balaban J connectivity index is 2.16. The number of nitrogens with zero attached hydrogens (tertiary/aromatic N) is 5. The summed E-state index contributed by atoms with van der Waals surface area (Å²) in [5.74, 6) is -0.503. The molecule has 0 atom stereocenters. The van der Waals surface area contributed by atoms with Gasteiger partial charge in [-0.1, -0.05) is 18.2 Å². The van der Waals surface area contributed by atoms with Crippen molar-refractivity contribution in [2.24, 2.45) is 5.10 Å². The van der Waals surface area contributed by atoms with E-state index in [0.717, 1.165) is 10.8 Å². The largest absolute Gasteiger partial charge is 0.493 e. The van der Waals surface area contributed by atoms with E-state index in [4.69, 9.17) is 0 Å². The Kier molecular flexibility index (Phi) is 3.36. The van der Waals surface area contributed by atoms with Gasteiger partial charge in [-0.25, -0.2) is 14.0 Å². The fraction of sp³-hybridized carbons (Fsp3) is 0. The Hall–Kier alpha value is -3.49. The van der Waals surface area contributed by atoms with Gasteiger partial charge in [0.2, 0.25) is 5.88 Å². The van der Waals surface area contributed by atoms with Crippen molar-refractivity contribution in [1.82, 2.24) is 24.4 Å². The molecule has 22 heavy (non-hydrogen) atoms. The zero-order valence-electron chi connectivity index (χ0n) is 11.1. The lowest BCUT2D eigenvalue weighted by Gasteiger charge is -2.09. The molecule has 0 saturated heterocycles. The predicted octanol–water partition coefficient (Wildman–Crippen LogP) is -0.295. The smallest absolute Gasteiger partial charge is 0.335 e. The molecule has 2 heterocycles. The first-order valence-corrected chi connectivity index (χ1v) is 6.19. The van der Waals surface area contributed by atoms with Gasteiger partial charge < -0.3 is 5.11 Å². The van der Waals surface area contributed by atoms with Crippen LogP contribution in [0.25, 0.3) is 5.69 Å². The van der Waals surface area contributed by atoms with Crippen LogP contribution in [0.3, 0.4) is 0 Å². The van der Waals surface area contributed by atoms with E-state index < -0.39 is 17.1 Å². The molecule has 9 heteroatoms. The zero-order chi connectivity index (χ0) is 15.5. The van der Waals surface area contributed by atoms with Crippen LogP contribution in [0.5, 0.6) is 5.88 Å². The van der Waals surface area contributed by atoms with Crippen molar-refractivity contribution in [2.75, 3.05) is 0 Å². The van der Waals surface area contributed by atoms with E-state index in [1.165, 1.54) is 17.3 Å². The second-order valence-corrected chi connectivity index (χ2v) is 4.25. The van der Waals surface area contributed by atoms with Gasteiger partial charge in [0.05, 0.1) is 11.9 Å². The van der Waals surface area contributed by atoms with Crippen molar-refractivity contribution >= 4 is 6.21 Å². The number of aromatic nitrogens is 5. The lowest BCUT2D eigenvalue weighted by atomic mass is 10.3. The quantitative estimate of drug-likeness (QED) is 0.644. The molecule has 9 nitrogen and oxygen atoms in total. The van der Waals surface area contributed by atoms with Crippen LogP contribution >= 0.6 is 0 Å². The molecule has 2 aromatic heterocycles. The van der Waals surface area contributed by atoms with Gasteiger partial charge in [-0.2, -0.15) is 5.10 Å². The van der Waals surface area contributed by atoms with E-state index >= 15 is 0 Å². The van der Waals surface area contributed by atoms with E-state index in [1.54, 1.807) is 30.3 Å². The number of para-hydroxylation sites is 1. The number of hydrogen-bond donors (Lipinski definition) is 2. The lowest BCUT2D eigenvalue weighted by Crippen LogP contribution is -2.31. The highest BCUT2D eigenvalue weighted by Crippen LogP contribution is 2.14. The van der Waals surface area contributed by atoms with Crippen molar-refractivity contribution in [1.29, 1.82) is 0 Å². The van der Waals surface area contributed by atoms with Crippen molar-refractivity contribution < 1.29 is 5.11 Å². The molecule has 3 rings (SSSR count). The summed E-state index contributed by atoms with van der Waals surface area (Å²) in [4.78, 5) is 25.9. The molecule has 110 valence electrons. The van der Waals surface area contributed by atoms with Crippen LogP contribution in [0, 0.1) is 0 Å². The molecular formula is C13H10N6O3. The van der Waals surface area contributed by atoms with Gasteiger partial charge in [-0.3, -0.25) is 9.78 Å². The third-order valence-electron chi connectivity index (χ3n) is 2.86. The van der Waals surface area contributed by atoms with Gasteiger partial charge in [-0.15, -0.1) is 10.2 Å². The molecule has 2 N–H and O–H groups in total. The van der Waals surface area contributed by atoms with E-state index in [1.807, 2.05) is 0 Å². The van der Waals surface area contributed by atoms with Crippen LogP contribution in [0.15, 0.2) is 57.7 Å². The zero-order valence-corrected chi connectivity index (χ0v) is 11.1. The highest BCUT2D eigenvalue weighted by atomic mass is 16.3. The molecule has 0 aliphatic carbocycles. The summed E-state index contributed by atoms with van der Waals surface area (Å²) in [5.41, 5.74) is -1.22. The molecule has 0 radical (unpaired) electrons. The molecule has 0 saturated carbocycles. The SMILES string of the molecule is O=c1[nH]c(=O)n(-c2ccccc2)c(O)c1C=Nn1cnnc1. The normalized spacial score (nSPS) is 11.1. The Morgan fingerprint density at radius 2 is 1.82 bits per heavy atom. The third-order valence-corrected chi connectivity index (χ3v) is 2.86. The molecular weight excluding hydrogens is 288 g/mol. The van der Waals surface area contributed by atoms with Crippen LogP contribution in [0.1, 0.15) is 5.56 Å². The molecule has 0 aliphatic rings. The molecule has 0 bridgehead atoms. The Labute approximate surface area is 122 Å². The summed E-state index contributed by atoms with van der Waals surface area (Å²) in [6.45, 7) is 0. The fourth-order valence-electron chi connectivity index (χ4n) is 1.85. The van der Waals surface area contributed by atoms with Crippen molar-refractivity contribution in [3.05, 3.63) is 69.4 Å². The Morgan fingerprint density at radius 1 is 1.14 bits per heavy atom. The monoisotopic (exact) mass is 298 g/mol. The fourth-order valence-corrected chi connectivity index (χ4v) is 1.85. The lowest BCUT2D eigenvalue weighted by molar-refractivity contribution is 0.430. The summed E-state index contributed by atoms with van der Waals surface area (Å²) in [7, 11) is 0. The van der Waals surface area contributed by atoms with Gasteiger partial charge >= 0.3 is 5.69 Å². The van der Waals surface area contributed by atoms with Crippen molar-refractivity contribution in [3.8, 4) is 11.6 Å². The van der Waals surface area contributed by atoms with E-state index in [0.29, 0.717) is 5.69 Å².